The summed E-state index contributed by atoms with van der Waals surface area (Å²) in [6, 6.07) is 8.21. The van der Waals surface area contributed by atoms with E-state index in [2.05, 4.69) is 27.2 Å². The number of nitrogens with one attached hydrogen (secondary N) is 1. The maximum atomic E-state index is 12.4. The fourth-order valence-corrected chi connectivity index (χ4v) is 4.31. The largest absolute Gasteiger partial charge is 0.489 e. The summed E-state index contributed by atoms with van der Waals surface area (Å²) in [4.78, 5) is 28.6. The first-order valence-electron chi connectivity index (χ1n) is 11.3. The SMILES string of the molecule is CC(C)Oc1ccccc1N1CCN(CCCNC(=O)C2CC=CCC2C(=O)O)CC1. The quantitative estimate of drug-likeness (QED) is 0.464. The Morgan fingerprint density at radius 2 is 1.77 bits per heavy atom. The van der Waals surface area contributed by atoms with Crippen LogP contribution in [0, 0.1) is 11.8 Å². The molecule has 1 aliphatic heterocycles. The van der Waals surface area contributed by atoms with E-state index in [1.54, 1.807) is 0 Å². The summed E-state index contributed by atoms with van der Waals surface area (Å²) in [5, 5.41) is 12.3. The Labute approximate surface area is 185 Å². The highest BCUT2D eigenvalue weighted by Crippen LogP contribution is 2.29. The molecule has 31 heavy (non-hydrogen) atoms. The molecule has 1 aliphatic carbocycles. The number of hydrogen-bond donors (Lipinski definition) is 2. The van der Waals surface area contributed by atoms with Crippen LogP contribution in [0.3, 0.4) is 0 Å². The third-order valence-electron chi connectivity index (χ3n) is 5.98. The molecule has 170 valence electrons. The topological polar surface area (TPSA) is 82.1 Å². The van der Waals surface area contributed by atoms with Gasteiger partial charge in [-0.25, -0.2) is 0 Å². The highest BCUT2D eigenvalue weighted by molar-refractivity contribution is 5.85. The van der Waals surface area contributed by atoms with Crippen LogP contribution in [0.25, 0.3) is 0 Å². The van der Waals surface area contributed by atoms with Crippen molar-refractivity contribution in [1.82, 2.24) is 10.2 Å². The van der Waals surface area contributed by atoms with Gasteiger partial charge in [0.2, 0.25) is 5.91 Å². The number of carboxylic acid groups (broad SMARTS) is 1. The second kappa shape index (κ2) is 11.2. The standard InChI is InChI=1S/C24H35N3O4/c1-18(2)31-22-11-6-5-10-21(22)27-16-14-26(15-17-27)13-7-12-25-23(28)19-8-3-4-9-20(19)24(29)30/h3-6,10-11,18-20H,7-9,12-17H2,1-2H3,(H,25,28)(H,29,30). The minimum Gasteiger partial charge on any atom is -0.489 e. The van der Waals surface area contributed by atoms with E-state index in [1.807, 2.05) is 38.1 Å². The van der Waals surface area contributed by atoms with E-state index in [9.17, 15) is 14.7 Å². The van der Waals surface area contributed by atoms with Gasteiger partial charge in [0.25, 0.3) is 0 Å². The zero-order chi connectivity index (χ0) is 22.2. The molecule has 7 nitrogen and oxygen atoms in total. The van der Waals surface area contributed by atoms with Crippen LogP contribution >= 0.6 is 0 Å². The van der Waals surface area contributed by atoms with Gasteiger partial charge >= 0.3 is 5.97 Å². The van der Waals surface area contributed by atoms with E-state index in [4.69, 9.17) is 4.74 Å². The number of benzene rings is 1. The van der Waals surface area contributed by atoms with Gasteiger partial charge in [-0.3, -0.25) is 14.5 Å². The number of anilines is 1. The molecule has 0 aromatic heterocycles. The lowest BCUT2D eigenvalue weighted by atomic mass is 9.82. The number of rotatable bonds is 9. The molecule has 7 heteroatoms. The van der Waals surface area contributed by atoms with Crippen LogP contribution in [0.4, 0.5) is 5.69 Å². The summed E-state index contributed by atoms with van der Waals surface area (Å²) >= 11 is 0. The van der Waals surface area contributed by atoms with E-state index in [-0.39, 0.29) is 12.0 Å². The number of ether oxygens (including phenoxy) is 1. The fourth-order valence-electron chi connectivity index (χ4n) is 4.31. The molecular formula is C24H35N3O4. The molecule has 1 aromatic rings. The first kappa shape index (κ1) is 23.1. The highest BCUT2D eigenvalue weighted by Gasteiger charge is 2.33. The van der Waals surface area contributed by atoms with Gasteiger partial charge in [-0.15, -0.1) is 0 Å². The van der Waals surface area contributed by atoms with Gasteiger partial charge in [-0.2, -0.15) is 0 Å². The average molecular weight is 430 g/mol. The maximum Gasteiger partial charge on any atom is 0.307 e. The van der Waals surface area contributed by atoms with Crippen molar-refractivity contribution >= 4 is 17.6 Å². The predicted octanol–water partition coefficient (Wildman–Crippen LogP) is 2.77. The zero-order valence-corrected chi connectivity index (χ0v) is 18.6. The summed E-state index contributed by atoms with van der Waals surface area (Å²) in [5.41, 5.74) is 1.15. The van der Waals surface area contributed by atoms with Crippen molar-refractivity contribution in [2.45, 2.75) is 39.2 Å². The Balaban J connectivity index is 1.39. The molecule has 2 atom stereocenters. The van der Waals surface area contributed by atoms with E-state index in [0.717, 1.165) is 50.6 Å². The van der Waals surface area contributed by atoms with E-state index in [1.165, 1.54) is 0 Å². The van der Waals surface area contributed by atoms with Crippen LogP contribution in [0.15, 0.2) is 36.4 Å². The summed E-state index contributed by atoms with van der Waals surface area (Å²) in [5.74, 6) is -1.16. The summed E-state index contributed by atoms with van der Waals surface area (Å²) in [7, 11) is 0. The molecule has 1 saturated heterocycles. The van der Waals surface area contributed by atoms with Gasteiger partial charge in [0, 0.05) is 32.7 Å². The molecule has 1 heterocycles. The monoisotopic (exact) mass is 429 g/mol. The van der Waals surface area contributed by atoms with Crippen LogP contribution < -0.4 is 15.0 Å². The first-order valence-corrected chi connectivity index (χ1v) is 11.3. The van der Waals surface area contributed by atoms with Crippen LogP contribution in [0.5, 0.6) is 5.75 Å². The van der Waals surface area contributed by atoms with Crippen LogP contribution in [-0.2, 0) is 9.59 Å². The van der Waals surface area contributed by atoms with Crippen LogP contribution in [0.1, 0.15) is 33.1 Å². The Morgan fingerprint density at radius 3 is 2.45 bits per heavy atom. The number of nitrogens with zero attached hydrogens (tertiary/aromatic N) is 2. The lowest BCUT2D eigenvalue weighted by Gasteiger charge is -2.37. The molecule has 2 unspecified atom stereocenters. The molecule has 1 aromatic carbocycles. The molecule has 0 spiro atoms. The Kier molecular flexibility index (Phi) is 8.35. The second-order valence-electron chi connectivity index (χ2n) is 8.60. The van der Waals surface area contributed by atoms with E-state index >= 15 is 0 Å². The number of allylic oxidation sites excluding steroid dienone is 2. The van der Waals surface area contributed by atoms with Gasteiger partial charge in [-0.05, 0) is 51.8 Å². The number of carboxylic acids is 1. The zero-order valence-electron chi connectivity index (χ0n) is 18.6. The number of aliphatic carboxylic acids is 1. The molecule has 1 amide bonds. The third-order valence-corrected chi connectivity index (χ3v) is 5.98. The number of hydrogen-bond acceptors (Lipinski definition) is 5. The van der Waals surface area contributed by atoms with Gasteiger partial charge in [0.05, 0.1) is 23.6 Å². The molecule has 3 rings (SSSR count). The Bertz CT molecular complexity index is 772. The molecule has 0 saturated carbocycles. The minimum atomic E-state index is -0.886. The third kappa shape index (κ3) is 6.47. The van der Waals surface area contributed by atoms with Crippen molar-refractivity contribution < 1.29 is 19.4 Å². The molecule has 2 aliphatic rings. The van der Waals surface area contributed by atoms with Crippen LogP contribution in [0.2, 0.25) is 0 Å². The fraction of sp³-hybridized carbons (Fsp3) is 0.583. The van der Waals surface area contributed by atoms with Crippen molar-refractivity contribution in [3.63, 3.8) is 0 Å². The smallest absolute Gasteiger partial charge is 0.307 e. The van der Waals surface area contributed by atoms with Crippen molar-refractivity contribution in [3.8, 4) is 5.75 Å². The van der Waals surface area contributed by atoms with E-state index in [0.29, 0.717) is 19.4 Å². The van der Waals surface area contributed by atoms with Crippen molar-refractivity contribution in [3.05, 3.63) is 36.4 Å². The molecule has 0 radical (unpaired) electrons. The average Bonchev–Trinajstić information content (AvgIpc) is 2.77. The summed E-state index contributed by atoms with van der Waals surface area (Å²) < 4.78 is 5.96. The second-order valence-corrected chi connectivity index (χ2v) is 8.60. The first-order chi connectivity index (χ1) is 15.0. The number of carbonyl (C=O) groups excluding carboxylic acids is 1. The Morgan fingerprint density at radius 1 is 1.10 bits per heavy atom. The van der Waals surface area contributed by atoms with Gasteiger partial charge in [0.1, 0.15) is 5.75 Å². The molecular weight excluding hydrogens is 394 g/mol. The van der Waals surface area contributed by atoms with Crippen LogP contribution in [-0.4, -0.2) is 67.3 Å². The normalized spacial score (nSPS) is 21.8. The predicted molar refractivity (Wildman–Crippen MR) is 121 cm³/mol. The minimum absolute atomic E-state index is 0.136. The highest BCUT2D eigenvalue weighted by atomic mass is 16.5. The van der Waals surface area contributed by atoms with E-state index < -0.39 is 17.8 Å². The Hall–Kier alpha value is -2.54. The number of carbonyl (C=O) groups is 2. The summed E-state index contributed by atoms with van der Waals surface area (Å²) in [6.07, 6.45) is 5.71. The van der Waals surface area contributed by atoms with Crippen molar-refractivity contribution in [2.75, 3.05) is 44.2 Å². The lowest BCUT2D eigenvalue weighted by Crippen LogP contribution is -2.47. The summed E-state index contributed by atoms with van der Waals surface area (Å²) in [6.45, 7) is 9.42. The number of piperazine rings is 1. The van der Waals surface area contributed by atoms with Crippen molar-refractivity contribution in [1.29, 1.82) is 0 Å². The maximum absolute atomic E-state index is 12.4. The number of para-hydroxylation sites is 2. The molecule has 0 bridgehead atoms. The lowest BCUT2D eigenvalue weighted by molar-refractivity contribution is -0.147. The van der Waals surface area contributed by atoms with Crippen molar-refractivity contribution in [2.24, 2.45) is 11.8 Å². The van der Waals surface area contributed by atoms with Gasteiger partial charge in [0.15, 0.2) is 0 Å². The van der Waals surface area contributed by atoms with Gasteiger partial charge < -0.3 is 20.1 Å². The van der Waals surface area contributed by atoms with Gasteiger partial charge in [-0.1, -0.05) is 24.3 Å². The molecule has 2 N–H and O–H groups in total. The molecule has 1 fully saturated rings. The number of amides is 1.